The molecule has 0 fully saturated rings. The minimum Gasteiger partial charge on any atom is -0.338 e. The minimum absolute atomic E-state index is 0.288. The van der Waals surface area contributed by atoms with Gasteiger partial charge in [0.25, 0.3) is 0 Å². The van der Waals surface area contributed by atoms with Crippen molar-refractivity contribution in [3.05, 3.63) is 46.4 Å². The molecule has 1 aromatic heterocycles. The van der Waals surface area contributed by atoms with Gasteiger partial charge in [0, 0.05) is 16.3 Å². The summed E-state index contributed by atoms with van der Waals surface area (Å²) in [5.41, 5.74) is 3.55. The van der Waals surface area contributed by atoms with E-state index in [1.807, 2.05) is 25.1 Å². The van der Waals surface area contributed by atoms with E-state index in [1.165, 1.54) is 6.26 Å². The molecule has 3 aromatic rings. The number of rotatable bonds is 2. The molecule has 3 rings (SSSR count). The number of aryl methyl sites for hydroxylation is 1. The van der Waals surface area contributed by atoms with Crippen LogP contribution in [0, 0.1) is 6.92 Å². The van der Waals surface area contributed by atoms with E-state index in [4.69, 9.17) is 0 Å². The first-order valence-corrected chi connectivity index (χ1v) is 8.99. The predicted octanol–water partition coefficient (Wildman–Crippen LogP) is 3.70. The number of sulfone groups is 1. The zero-order chi connectivity index (χ0) is 15.2. The van der Waals surface area contributed by atoms with Gasteiger partial charge in [-0.25, -0.2) is 13.4 Å². The number of benzene rings is 2. The van der Waals surface area contributed by atoms with Gasteiger partial charge < -0.3 is 4.98 Å². The maximum Gasteiger partial charge on any atom is 0.175 e. The SMILES string of the molecule is Cc1ccc(Br)cc1-c1nc2ccc(S(C)(=O)=O)cc2[nH]1. The van der Waals surface area contributed by atoms with Gasteiger partial charge in [0.05, 0.1) is 15.9 Å². The summed E-state index contributed by atoms with van der Waals surface area (Å²) in [6, 6.07) is 10.9. The topological polar surface area (TPSA) is 62.8 Å². The number of hydrogen-bond donors (Lipinski definition) is 1. The molecule has 0 radical (unpaired) electrons. The van der Waals surface area contributed by atoms with Gasteiger partial charge in [0.1, 0.15) is 5.82 Å². The Bertz CT molecular complexity index is 945. The van der Waals surface area contributed by atoms with Crippen LogP contribution in [0.25, 0.3) is 22.4 Å². The van der Waals surface area contributed by atoms with Crippen LogP contribution in [0.15, 0.2) is 45.8 Å². The highest BCUT2D eigenvalue weighted by atomic mass is 79.9. The number of hydrogen-bond acceptors (Lipinski definition) is 3. The lowest BCUT2D eigenvalue weighted by molar-refractivity contribution is 0.602. The fourth-order valence-electron chi connectivity index (χ4n) is 2.20. The molecule has 108 valence electrons. The summed E-state index contributed by atoms with van der Waals surface area (Å²) in [4.78, 5) is 8.02. The molecular formula is C15H13BrN2O2S. The molecular weight excluding hydrogens is 352 g/mol. The van der Waals surface area contributed by atoms with Gasteiger partial charge in [-0.3, -0.25) is 0 Å². The van der Waals surface area contributed by atoms with Crippen LogP contribution in [0.2, 0.25) is 0 Å². The lowest BCUT2D eigenvalue weighted by Gasteiger charge is -2.02. The van der Waals surface area contributed by atoms with E-state index in [2.05, 4.69) is 25.9 Å². The third-order valence-corrected chi connectivity index (χ3v) is 4.94. The molecule has 1 N–H and O–H groups in total. The number of imidazole rings is 1. The Kier molecular flexibility index (Phi) is 3.37. The summed E-state index contributed by atoms with van der Waals surface area (Å²) < 4.78 is 24.2. The smallest absolute Gasteiger partial charge is 0.175 e. The average Bonchev–Trinajstić information content (AvgIpc) is 2.83. The van der Waals surface area contributed by atoms with Crippen LogP contribution in [0.4, 0.5) is 0 Å². The number of fused-ring (bicyclic) bond motifs is 1. The van der Waals surface area contributed by atoms with Crippen molar-refractivity contribution < 1.29 is 8.42 Å². The molecule has 2 aromatic carbocycles. The first-order valence-electron chi connectivity index (χ1n) is 6.31. The zero-order valence-electron chi connectivity index (χ0n) is 11.5. The number of aromatic nitrogens is 2. The summed E-state index contributed by atoms with van der Waals surface area (Å²) in [6.07, 6.45) is 1.20. The van der Waals surface area contributed by atoms with E-state index in [0.29, 0.717) is 5.52 Å². The molecule has 0 aliphatic carbocycles. The second-order valence-corrected chi connectivity index (χ2v) is 7.93. The Morgan fingerprint density at radius 3 is 2.62 bits per heavy atom. The Morgan fingerprint density at radius 2 is 1.90 bits per heavy atom. The van der Waals surface area contributed by atoms with E-state index >= 15 is 0 Å². The third-order valence-electron chi connectivity index (χ3n) is 3.34. The molecule has 6 heteroatoms. The molecule has 0 atom stereocenters. The molecule has 0 bridgehead atoms. The highest BCUT2D eigenvalue weighted by Crippen LogP contribution is 2.27. The Morgan fingerprint density at radius 1 is 1.14 bits per heavy atom. The standard InChI is InChI=1S/C15H13BrN2O2S/c1-9-3-4-10(16)7-12(9)15-17-13-6-5-11(21(2,19)20)8-14(13)18-15/h3-8H,1-2H3,(H,17,18). The molecule has 0 unspecified atom stereocenters. The number of halogens is 1. The summed E-state index contributed by atoms with van der Waals surface area (Å²) in [6.45, 7) is 2.01. The average molecular weight is 365 g/mol. The number of nitrogens with one attached hydrogen (secondary N) is 1. The van der Waals surface area contributed by atoms with Crippen molar-refractivity contribution in [2.24, 2.45) is 0 Å². The first-order chi connectivity index (χ1) is 9.84. The van der Waals surface area contributed by atoms with Crippen molar-refractivity contribution >= 4 is 36.8 Å². The van der Waals surface area contributed by atoms with Crippen LogP contribution in [0.5, 0.6) is 0 Å². The van der Waals surface area contributed by atoms with Gasteiger partial charge in [0.15, 0.2) is 9.84 Å². The minimum atomic E-state index is -3.22. The van der Waals surface area contributed by atoms with Gasteiger partial charge in [-0.1, -0.05) is 22.0 Å². The van der Waals surface area contributed by atoms with Gasteiger partial charge in [0.2, 0.25) is 0 Å². The molecule has 21 heavy (non-hydrogen) atoms. The summed E-state index contributed by atoms with van der Waals surface area (Å²) in [7, 11) is -3.22. The molecule has 0 saturated heterocycles. The normalized spacial score (nSPS) is 12.0. The van der Waals surface area contributed by atoms with E-state index in [1.54, 1.807) is 18.2 Å². The summed E-state index contributed by atoms with van der Waals surface area (Å²) in [5.74, 6) is 0.731. The zero-order valence-corrected chi connectivity index (χ0v) is 13.9. The largest absolute Gasteiger partial charge is 0.338 e. The van der Waals surface area contributed by atoms with Crippen LogP contribution in [0.3, 0.4) is 0 Å². The summed E-state index contributed by atoms with van der Waals surface area (Å²) in [5, 5.41) is 0. The fourth-order valence-corrected chi connectivity index (χ4v) is 3.20. The molecule has 0 spiro atoms. The van der Waals surface area contributed by atoms with Crippen molar-refractivity contribution in [1.82, 2.24) is 9.97 Å². The molecule has 0 aliphatic heterocycles. The van der Waals surface area contributed by atoms with E-state index < -0.39 is 9.84 Å². The van der Waals surface area contributed by atoms with Crippen LogP contribution in [0.1, 0.15) is 5.56 Å². The Balaban J connectivity index is 2.20. The Hall–Kier alpha value is -1.66. The first kappa shape index (κ1) is 14.3. The van der Waals surface area contributed by atoms with Crippen molar-refractivity contribution in [2.75, 3.05) is 6.26 Å². The van der Waals surface area contributed by atoms with E-state index in [9.17, 15) is 8.42 Å². The van der Waals surface area contributed by atoms with Crippen molar-refractivity contribution in [1.29, 1.82) is 0 Å². The molecule has 4 nitrogen and oxygen atoms in total. The highest BCUT2D eigenvalue weighted by molar-refractivity contribution is 9.10. The van der Waals surface area contributed by atoms with Crippen molar-refractivity contribution in [2.45, 2.75) is 11.8 Å². The lowest BCUT2D eigenvalue weighted by Crippen LogP contribution is -1.96. The van der Waals surface area contributed by atoms with Crippen LogP contribution < -0.4 is 0 Å². The summed E-state index contributed by atoms with van der Waals surface area (Å²) >= 11 is 3.45. The second kappa shape index (κ2) is 4.96. The number of H-pyrrole nitrogens is 1. The van der Waals surface area contributed by atoms with Crippen LogP contribution in [-0.2, 0) is 9.84 Å². The molecule has 0 amide bonds. The number of aromatic amines is 1. The van der Waals surface area contributed by atoms with Gasteiger partial charge in [-0.2, -0.15) is 0 Å². The van der Waals surface area contributed by atoms with Gasteiger partial charge in [-0.05, 0) is 42.8 Å². The quantitative estimate of drug-likeness (QED) is 0.753. The molecule has 1 heterocycles. The molecule has 0 aliphatic rings. The number of nitrogens with zero attached hydrogens (tertiary/aromatic N) is 1. The highest BCUT2D eigenvalue weighted by Gasteiger charge is 2.12. The molecule has 0 saturated carbocycles. The Labute approximate surface area is 131 Å². The van der Waals surface area contributed by atoms with E-state index in [-0.39, 0.29) is 4.90 Å². The predicted molar refractivity (Wildman–Crippen MR) is 87.1 cm³/mol. The second-order valence-electron chi connectivity index (χ2n) is 5.00. The maximum atomic E-state index is 11.6. The van der Waals surface area contributed by atoms with Crippen molar-refractivity contribution in [3.63, 3.8) is 0 Å². The van der Waals surface area contributed by atoms with Gasteiger partial charge >= 0.3 is 0 Å². The van der Waals surface area contributed by atoms with Crippen LogP contribution in [-0.4, -0.2) is 24.6 Å². The van der Waals surface area contributed by atoms with E-state index in [0.717, 1.165) is 26.9 Å². The van der Waals surface area contributed by atoms with Crippen LogP contribution >= 0.6 is 15.9 Å². The van der Waals surface area contributed by atoms with Crippen molar-refractivity contribution in [3.8, 4) is 11.4 Å². The fraction of sp³-hybridized carbons (Fsp3) is 0.133. The monoisotopic (exact) mass is 364 g/mol. The third kappa shape index (κ3) is 2.73. The maximum absolute atomic E-state index is 11.6. The lowest BCUT2D eigenvalue weighted by atomic mass is 10.1. The van der Waals surface area contributed by atoms with Gasteiger partial charge in [-0.15, -0.1) is 0 Å².